The van der Waals surface area contributed by atoms with Crippen molar-refractivity contribution in [3.8, 4) is 6.07 Å². The molecule has 0 atom stereocenters. The third kappa shape index (κ3) is 2.90. The van der Waals surface area contributed by atoms with Crippen LogP contribution in [0, 0.1) is 11.3 Å². The van der Waals surface area contributed by atoms with Gasteiger partial charge < -0.3 is 5.73 Å². The molecule has 0 amide bonds. The minimum atomic E-state index is 0.481. The Kier molecular flexibility index (Phi) is 3.51. The Labute approximate surface area is 82.2 Å². The molecule has 2 N–H and O–H groups in total. The lowest BCUT2D eigenvalue weighted by Crippen LogP contribution is -1.92. The maximum atomic E-state index is 8.65. The predicted molar refractivity (Wildman–Crippen MR) is 54.3 cm³/mol. The first kappa shape index (κ1) is 9.79. The Balaban J connectivity index is 3.03. The van der Waals surface area contributed by atoms with Crippen LogP contribution in [-0.4, -0.2) is 6.54 Å². The molecule has 1 aromatic rings. The van der Waals surface area contributed by atoms with Crippen molar-refractivity contribution < 1.29 is 0 Å². The molecule has 3 heteroatoms. The predicted octanol–water partition coefficient (Wildman–Crippen LogP) is 2.18. The maximum absolute atomic E-state index is 8.65. The number of nitrogens with two attached hydrogens (primary N) is 1. The van der Waals surface area contributed by atoms with Crippen LogP contribution in [0.2, 0.25) is 5.02 Å². The number of nitriles is 1. The average molecular weight is 193 g/mol. The molecule has 1 aromatic carbocycles. The van der Waals surface area contributed by atoms with Gasteiger partial charge in [-0.2, -0.15) is 5.26 Å². The molecule has 0 bridgehead atoms. The topological polar surface area (TPSA) is 49.8 Å². The van der Waals surface area contributed by atoms with E-state index in [4.69, 9.17) is 22.6 Å². The van der Waals surface area contributed by atoms with Gasteiger partial charge in [-0.1, -0.05) is 23.8 Å². The quantitative estimate of drug-likeness (QED) is 0.781. The van der Waals surface area contributed by atoms with Crippen LogP contribution in [0.1, 0.15) is 11.1 Å². The molecule has 0 spiro atoms. The standard InChI is InChI=1S/C10H9ClN2/c11-10-5-8(2-1-3-12)4-9(6-10)7-13/h1-2,4-6H,3,12H2. The molecule has 0 saturated carbocycles. The van der Waals surface area contributed by atoms with E-state index in [1.165, 1.54) is 0 Å². The summed E-state index contributed by atoms with van der Waals surface area (Å²) in [4.78, 5) is 0. The number of hydrogen-bond acceptors (Lipinski definition) is 2. The van der Waals surface area contributed by atoms with Gasteiger partial charge in [0.05, 0.1) is 11.6 Å². The van der Waals surface area contributed by atoms with Gasteiger partial charge in [0.25, 0.3) is 0 Å². The molecule has 0 saturated heterocycles. The molecular formula is C10H9ClN2. The summed E-state index contributed by atoms with van der Waals surface area (Å²) in [7, 11) is 0. The average Bonchev–Trinajstić information content (AvgIpc) is 2.14. The van der Waals surface area contributed by atoms with E-state index in [9.17, 15) is 0 Å². The van der Waals surface area contributed by atoms with Gasteiger partial charge in [-0.3, -0.25) is 0 Å². The summed E-state index contributed by atoms with van der Waals surface area (Å²) in [6, 6.07) is 7.21. The molecule has 0 heterocycles. The van der Waals surface area contributed by atoms with Gasteiger partial charge >= 0.3 is 0 Å². The van der Waals surface area contributed by atoms with Gasteiger partial charge in [0, 0.05) is 11.6 Å². The van der Waals surface area contributed by atoms with Crippen molar-refractivity contribution in [2.24, 2.45) is 5.73 Å². The van der Waals surface area contributed by atoms with Gasteiger partial charge in [0.2, 0.25) is 0 Å². The van der Waals surface area contributed by atoms with Crippen LogP contribution in [0.15, 0.2) is 24.3 Å². The summed E-state index contributed by atoms with van der Waals surface area (Å²) >= 11 is 5.79. The molecule has 2 nitrogen and oxygen atoms in total. The SMILES string of the molecule is N#Cc1cc(Cl)cc(C=CCN)c1. The third-order valence-corrected chi connectivity index (χ3v) is 1.71. The molecule has 0 aliphatic carbocycles. The summed E-state index contributed by atoms with van der Waals surface area (Å²) in [5.74, 6) is 0. The highest BCUT2D eigenvalue weighted by atomic mass is 35.5. The Hall–Kier alpha value is -1.30. The number of nitrogens with zero attached hydrogens (tertiary/aromatic N) is 1. The number of halogens is 1. The molecule has 0 radical (unpaired) electrons. The van der Waals surface area contributed by atoms with Gasteiger partial charge in [-0.05, 0) is 23.8 Å². The number of benzene rings is 1. The summed E-state index contributed by atoms with van der Waals surface area (Å²) in [6.07, 6.45) is 3.65. The van der Waals surface area contributed by atoms with E-state index in [1.807, 2.05) is 18.2 Å². The molecule has 0 aliphatic rings. The normalized spacial score (nSPS) is 10.2. The Morgan fingerprint density at radius 2 is 2.23 bits per heavy atom. The lowest BCUT2D eigenvalue weighted by molar-refractivity contribution is 1.26. The van der Waals surface area contributed by atoms with Crippen LogP contribution in [0.5, 0.6) is 0 Å². The van der Waals surface area contributed by atoms with Gasteiger partial charge in [-0.15, -0.1) is 0 Å². The van der Waals surface area contributed by atoms with Crippen molar-refractivity contribution in [2.75, 3.05) is 6.54 Å². The van der Waals surface area contributed by atoms with Crippen LogP contribution in [-0.2, 0) is 0 Å². The lowest BCUT2D eigenvalue weighted by Gasteiger charge is -1.96. The highest BCUT2D eigenvalue weighted by molar-refractivity contribution is 6.30. The molecule has 0 aliphatic heterocycles. The summed E-state index contributed by atoms with van der Waals surface area (Å²) < 4.78 is 0. The van der Waals surface area contributed by atoms with Crippen LogP contribution < -0.4 is 5.73 Å². The molecule has 0 aromatic heterocycles. The second-order valence-corrected chi connectivity index (χ2v) is 2.96. The Morgan fingerprint density at radius 3 is 2.85 bits per heavy atom. The van der Waals surface area contributed by atoms with E-state index in [2.05, 4.69) is 0 Å². The van der Waals surface area contributed by atoms with E-state index >= 15 is 0 Å². The first-order chi connectivity index (χ1) is 6.26. The first-order valence-electron chi connectivity index (χ1n) is 3.83. The fourth-order valence-corrected chi connectivity index (χ4v) is 1.22. The van der Waals surface area contributed by atoms with E-state index in [1.54, 1.807) is 18.2 Å². The zero-order valence-electron chi connectivity index (χ0n) is 7.00. The van der Waals surface area contributed by atoms with Crippen LogP contribution >= 0.6 is 11.6 Å². The Bertz CT molecular complexity index is 364. The van der Waals surface area contributed by atoms with Crippen molar-refractivity contribution in [1.82, 2.24) is 0 Å². The number of rotatable bonds is 2. The van der Waals surface area contributed by atoms with Gasteiger partial charge in [-0.25, -0.2) is 0 Å². The fraction of sp³-hybridized carbons (Fsp3) is 0.100. The highest BCUT2D eigenvalue weighted by Crippen LogP contribution is 2.15. The highest BCUT2D eigenvalue weighted by Gasteiger charge is 1.95. The molecule has 13 heavy (non-hydrogen) atoms. The van der Waals surface area contributed by atoms with Crippen LogP contribution in [0.3, 0.4) is 0 Å². The fourth-order valence-electron chi connectivity index (χ4n) is 0.977. The van der Waals surface area contributed by atoms with E-state index in [0.717, 1.165) is 5.56 Å². The van der Waals surface area contributed by atoms with Crippen LogP contribution in [0.4, 0.5) is 0 Å². The number of hydrogen-bond donors (Lipinski definition) is 1. The maximum Gasteiger partial charge on any atom is 0.0992 e. The second kappa shape index (κ2) is 4.66. The molecule has 0 fully saturated rings. The van der Waals surface area contributed by atoms with Crippen molar-refractivity contribution >= 4 is 17.7 Å². The first-order valence-corrected chi connectivity index (χ1v) is 4.21. The zero-order valence-corrected chi connectivity index (χ0v) is 7.75. The second-order valence-electron chi connectivity index (χ2n) is 2.52. The van der Waals surface area contributed by atoms with E-state index < -0.39 is 0 Å². The van der Waals surface area contributed by atoms with Crippen molar-refractivity contribution in [3.05, 3.63) is 40.4 Å². The minimum absolute atomic E-state index is 0.481. The van der Waals surface area contributed by atoms with Gasteiger partial charge in [0.15, 0.2) is 0 Å². The van der Waals surface area contributed by atoms with Crippen molar-refractivity contribution in [1.29, 1.82) is 5.26 Å². The third-order valence-electron chi connectivity index (χ3n) is 1.50. The monoisotopic (exact) mass is 192 g/mol. The van der Waals surface area contributed by atoms with E-state index in [-0.39, 0.29) is 0 Å². The van der Waals surface area contributed by atoms with E-state index in [0.29, 0.717) is 17.1 Å². The molecule has 0 unspecified atom stereocenters. The molecular weight excluding hydrogens is 184 g/mol. The summed E-state index contributed by atoms with van der Waals surface area (Å²) in [5.41, 5.74) is 6.76. The smallest absolute Gasteiger partial charge is 0.0992 e. The molecule has 66 valence electrons. The molecule has 1 rings (SSSR count). The van der Waals surface area contributed by atoms with Gasteiger partial charge in [0.1, 0.15) is 0 Å². The van der Waals surface area contributed by atoms with Crippen LogP contribution in [0.25, 0.3) is 6.08 Å². The summed E-state index contributed by atoms with van der Waals surface area (Å²) in [5, 5.41) is 9.22. The summed E-state index contributed by atoms with van der Waals surface area (Å²) in [6.45, 7) is 0.481. The lowest BCUT2D eigenvalue weighted by atomic mass is 10.1. The van der Waals surface area contributed by atoms with Crippen molar-refractivity contribution in [2.45, 2.75) is 0 Å². The minimum Gasteiger partial charge on any atom is -0.327 e. The largest absolute Gasteiger partial charge is 0.327 e. The Morgan fingerprint density at radius 1 is 1.46 bits per heavy atom. The zero-order chi connectivity index (χ0) is 9.68. The van der Waals surface area contributed by atoms with Crippen molar-refractivity contribution in [3.63, 3.8) is 0 Å².